The Morgan fingerprint density at radius 1 is 1.29 bits per heavy atom. The topological polar surface area (TPSA) is 30.5 Å². The van der Waals surface area contributed by atoms with Gasteiger partial charge in [0.2, 0.25) is 0 Å². The Hall–Kier alpha value is -1.22. The maximum Gasteiger partial charge on any atom is 0.126 e. The van der Waals surface area contributed by atoms with E-state index in [1.807, 2.05) is 12.1 Å². The summed E-state index contributed by atoms with van der Waals surface area (Å²) in [4.78, 5) is 0. The zero-order chi connectivity index (χ0) is 12.3. The smallest absolute Gasteiger partial charge is 0.126 e. The van der Waals surface area contributed by atoms with Crippen molar-refractivity contribution >= 4 is 0 Å². The summed E-state index contributed by atoms with van der Waals surface area (Å²) in [5.74, 6) is 2.24. The standard InChI is InChI=1S/C14H21NO2/c1-10(13-5-4-8-15-13)12-7-6-11(16-2)9-14(12)17-3/h6-7,9-10,13,15H,4-5,8H2,1-3H3/t10-,13-/m0/s1. The van der Waals surface area contributed by atoms with Gasteiger partial charge in [-0.05, 0) is 31.0 Å². The van der Waals surface area contributed by atoms with Crippen LogP contribution in [0.5, 0.6) is 11.5 Å². The summed E-state index contributed by atoms with van der Waals surface area (Å²) in [6.45, 7) is 3.39. The first-order chi connectivity index (χ1) is 8.26. The van der Waals surface area contributed by atoms with E-state index in [0.29, 0.717) is 12.0 Å². The van der Waals surface area contributed by atoms with Crippen LogP contribution < -0.4 is 14.8 Å². The van der Waals surface area contributed by atoms with E-state index in [0.717, 1.165) is 18.0 Å². The van der Waals surface area contributed by atoms with Gasteiger partial charge in [-0.1, -0.05) is 13.0 Å². The maximum atomic E-state index is 5.46. The van der Waals surface area contributed by atoms with Crippen molar-refractivity contribution in [3.8, 4) is 11.5 Å². The van der Waals surface area contributed by atoms with Crippen LogP contribution in [0.4, 0.5) is 0 Å². The molecule has 1 aliphatic heterocycles. The number of hydrogen-bond acceptors (Lipinski definition) is 3. The third-order valence-corrected chi connectivity index (χ3v) is 3.63. The first-order valence-corrected chi connectivity index (χ1v) is 6.21. The molecule has 0 aromatic heterocycles. The first-order valence-electron chi connectivity index (χ1n) is 6.21. The van der Waals surface area contributed by atoms with Gasteiger partial charge in [0.1, 0.15) is 11.5 Å². The third kappa shape index (κ3) is 2.55. The van der Waals surface area contributed by atoms with Crippen LogP contribution >= 0.6 is 0 Å². The number of nitrogens with one attached hydrogen (secondary N) is 1. The minimum Gasteiger partial charge on any atom is -0.497 e. The van der Waals surface area contributed by atoms with Crippen molar-refractivity contribution in [1.29, 1.82) is 0 Å². The van der Waals surface area contributed by atoms with E-state index in [-0.39, 0.29) is 0 Å². The molecule has 2 atom stereocenters. The average molecular weight is 235 g/mol. The largest absolute Gasteiger partial charge is 0.497 e. The van der Waals surface area contributed by atoms with Gasteiger partial charge < -0.3 is 14.8 Å². The molecule has 1 saturated heterocycles. The molecule has 0 unspecified atom stereocenters. The first kappa shape index (κ1) is 12.2. The second kappa shape index (κ2) is 5.41. The highest BCUT2D eigenvalue weighted by Crippen LogP contribution is 2.34. The summed E-state index contributed by atoms with van der Waals surface area (Å²) in [5, 5.41) is 3.55. The molecule has 3 heteroatoms. The Kier molecular flexibility index (Phi) is 3.89. The second-order valence-corrected chi connectivity index (χ2v) is 4.60. The molecule has 0 amide bonds. The van der Waals surface area contributed by atoms with E-state index >= 15 is 0 Å². The summed E-state index contributed by atoms with van der Waals surface area (Å²) in [6.07, 6.45) is 2.52. The van der Waals surface area contributed by atoms with Crippen molar-refractivity contribution in [2.24, 2.45) is 0 Å². The minimum absolute atomic E-state index is 0.471. The number of benzene rings is 1. The van der Waals surface area contributed by atoms with Crippen LogP contribution in [-0.4, -0.2) is 26.8 Å². The lowest BCUT2D eigenvalue weighted by Crippen LogP contribution is -2.27. The summed E-state index contributed by atoms with van der Waals surface area (Å²) in [7, 11) is 3.39. The summed E-state index contributed by atoms with van der Waals surface area (Å²) < 4.78 is 10.7. The molecule has 0 saturated carbocycles. The van der Waals surface area contributed by atoms with Gasteiger partial charge in [0.05, 0.1) is 14.2 Å². The minimum atomic E-state index is 0.471. The molecule has 0 aliphatic carbocycles. The molecule has 1 heterocycles. The molecule has 1 aromatic rings. The lowest BCUT2D eigenvalue weighted by molar-refractivity contribution is 0.384. The molecule has 17 heavy (non-hydrogen) atoms. The van der Waals surface area contributed by atoms with Crippen LogP contribution in [0, 0.1) is 0 Å². The molecule has 1 fully saturated rings. The predicted molar refractivity (Wildman–Crippen MR) is 69.0 cm³/mol. The molecule has 1 N–H and O–H groups in total. The molecular weight excluding hydrogens is 214 g/mol. The lowest BCUT2D eigenvalue weighted by Gasteiger charge is -2.22. The SMILES string of the molecule is COc1ccc([C@H](C)[C@@H]2CCCN2)c(OC)c1. The molecule has 3 nitrogen and oxygen atoms in total. The van der Waals surface area contributed by atoms with Gasteiger partial charge in [0.15, 0.2) is 0 Å². The molecule has 0 radical (unpaired) electrons. The normalized spacial score (nSPS) is 21.2. The van der Waals surface area contributed by atoms with Gasteiger partial charge in [-0.3, -0.25) is 0 Å². The summed E-state index contributed by atoms with van der Waals surface area (Å²) in [6, 6.07) is 6.64. The highest BCUT2D eigenvalue weighted by molar-refractivity contribution is 5.43. The zero-order valence-electron chi connectivity index (χ0n) is 10.8. The Bertz CT molecular complexity index is 372. The molecule has 1 aromatic carbocycles. The lowest BCUT2D eigenvalue weighted by atomic mass is 9.91. The molecule has 0 bridgehead atoms. The van der Waals surface area contributed by atoms with Gasteiger partial charge in [-0.15, -0.1) is 0 Å². The van der Waals surface area contributed by atoms with Crippen molar-refractivity contribution in [3.05, 3.63) is 23.8 Å². The van der Waals surface area contributed by atoms with E-state index in [1.165, 1.54) is 18.4 Å². The monoisotopic (exact) mass is 235 g/mol. The van der Waals surface area contributed by atoms with Crippen molar-refractivity contribution < 1.29 is 9.47 Å². The van der Waals surface area contributed by atoms with Gasteiger partial charge in [-0.25, -0.2) is 0 Å². The van der Waals surface area contributed by atoms with Crippen molar-refractivity contribution in [2.75, 3.05) is 20.8 Å². The van der Waals surface area contributed by atoms with Gasteiger partial charge in [0, 0.05) is 18.0 Å². The number of methoxy groups -OCH3 is 2. The Morgan fingerprint density at radius 3 is 2.71 bits per heavy atom. The Morgan fingerprint density at radius 2 is 2.12 bits per heavy atom. The number of hydrogen-bond donors (Lipinski definition) is 1. The fourth-order valence-electron chi connectivity index (χ4n) is 2.55. The third-order valence-electron chi connectivity index (χ3n) is 3.63. The van der Waals surface area contributed by atoms with Crippen molar-refractivity contribution in [2.45, 2.75) is 31.7 Å². The van der Waals surface area contributed by atoms with Gasteiger partial charge in [-0.2, -0.15) is 0 Å². The van der Waals surface area contributed by atoms with Gasteiger partial charge >= 0.3 is 0 Å². The molecule has 0 spiro atoms. The van der Waals surface area contributed by atoms with E-state index in [2.05, 4.69) is 18.3 Å². The fourth-order valence-corrected chi connectivity index (χ4v) is 2.55. The van der Waals surface area contributed by atoms with Crippen LogP contribution in [0.1, 0.15) is 31.2 Å². The van der Waals surface area contributed by atoms with Crippen molar-refractivity contribution in [1.82, 2.24) is 5.32 Å². The molecule has 1 aliphatic rings. The van der Waals surface area contributed by atoms with E-state index in [9.17, 15) is 0 Å². The molecule has 94 valence electrons. The number of ether oxygens (including phenoxy) is 2. The molecular formula is C14H21NO2. The second-order valence-electron chi connectivity index (χ2n) is 4.60. The Balaban J connectivity index is 2.23. The van der Waals surface area contributed by atoms with E-state index in [1.54, 1.807) is 14.2 Å². The van der Waals surface area contributed by atoms with E-state index in [4.69, 9.17) is 9.47 Å². The van der Waals surface area contributed by atoms with E-state index < -0.39 is 0 Å². The summed E-state index contributed by atoms with van der Waals surface area (Å²) in [5.41, 5.74) is 1.26. The zero-order valence-corrected chi connectivity index (χ0v) is 10.8. The predicted octanol–water partition coefficient (Wildman–Crippen LogP) is 2.56. The maximum absolute atomic E-state index is 5.46. The summed E-state index contributed by atoms with van der Waals surface area (Å²) >= 11 is 0. The van der Waals surface area contributed by atoms with Crippen LogP contribution in [0.2, 0.25) is 0 Å². The average Bonchev–Trinajstić information content (AvgIpc) is 2.91. The van der Waals surface area contributed by atoms with Crippen LogP contribution in [0.25, 0.3) is 0 Å². The number of rotatable bonds is 4. The Labute approximate surface area is 103 Å². The van der Waals surface area contributed by atoms with Crippen LogP contribution in [0.3, 0.4) is 0 Å². The van der Waals surface area contributed by atoms with Crippen LogP contribution in [-0.2, 0) is 0 Å². The fraction of sp³-hybridized carbons (Fsp3) is 0.571. The highest BCUT2D eigenvalue weighted by atomic mass is 16.5. The highest BCUT2D eigenvalue weighted by Gasteiger charge is 2.24. The quantitative estimate of drug-likeness (QED) is 0.870. The van der Waals surface area contributed by atoms with Gasteiger partial charge in [0.25, 0.3) is 0 Å². The van der Waals surface area contributed by atoms with Crippen LogP contribution in [0.15, 0.2) is 18.2 Å². The van der Waals surface area contributed by atoms with Crippen molar-refractivity contribution in [3.63, 3.8) is 0 Å². The molecule has 2 rings (SSSR count).